The van der Waals surface area contributed by atoms with E-state index in [1.165, 1.54) is 25.7 Å². The topological polar surface area (TPSA) is 0 Å². The molecule has 0 nitrogen and oxygen atoms in total. The molecule has 0 aliphatic rings. The Morgan fingerprint density at radius 2 is 1.10 bits per heavy atom. The molecule has 0 aromatic rings. The van der Waals surface area contributed by atoms with E-state index in [-0.39, 0.29) is 5.82 Å². The number of unbranched alkanes of at least 4 members (excludes halogenated alkanes) is 8. The van der Waals surface area contributed by atoms with Gasteiger partial charge in [-0.1, -0.05) is 96.7 Å². The molecule has 0 heterocycles. The molecule has 0 unspecified atom stereocenters. The van der Waals surface area contributed by atoms with E-state index in [1.807, 2.05) is 0 Å². The Morgan fingerprint density at radius 3 is 1.45 bits per heavy atom. The monoisotopic (exact) mass is 291 g/mol. The van der Waals surface area contributed by atoms with Crippen molar-refractivity contribution in [2.75, 3.05) is 0 Å². The first-order valence-corrected chi connectivity index (χ1v) is 8.42. The van der Waals surface area contributed by atoms with Crippen molar-refractivity contribution in [3.63, 3.8) is 0 Å². The third-order valence-electron chi connectivity index (χ3n) is 3.78. The van der Waals surface area contributed by atoms with Gasteiger partial charge in [-0.25, -0.2) is 0 Å². The van der Waals surface area contributed by atoms with Crippen molar-refractivity contribution in [1.29, 1.82) is 0 Å². The van der Waals surface area contributed by atoms with Crippen molar-refractivity contribution in [1.82, 2.24) is 0 Å². The molecule has 119 valence electrons. The average Bonchev–Trinajstić information content (AvgIpc) is 2.36. The van der Waals surface area contributed by atoms with Crippen LogP contribution in [0.25, 0.3) is 0 Å². The molecule has 0 aliphatic carbocycles. The van der Waals surface area contributed by atoms with Crippen LogP contribution in [0.2, 0.25) is 5.82 Å². The van der Waals surface area contributed by atoms with E-state index in [4.69, 9.17) is 0 Å². The molecule has 4 heteroatoms. The molecule has 20 heavy (non-hydrogen) atoms. The molecule has 0 N–H and O–H groups in total. The van der Waals surface area contributed by atoms with Crippen LogP contribution in [0.1, 0.15) is 90.9 Å². The lowest BCUT2D eigenvalue weighted by molar-refractivity contribution is -0.0485. The van der Waals surface area contributed by atoms with Crippen LogP contribution in [0.5, 0.6) is 0 Å². The van der Waals surface area contributed by atoms with E-state index in [9.17, 15) is 13.2 Å². The second-order valence-corrected chi connectivity index (χ2v) is 5.87. The fourth-order valence-corrected chi connectivity index (χ4v) is 2.60. The summed E-state index contributed by atoms with van der Waals surface area (Å²) in [5.74, 6) is -0.266. The lowest BCUT2D eigenvalue weighted by Gasteiger charge is -2.17. The summed E-state index contributed by atoms with van der Waals surface area (Å²) < 4.78 is 37.5. The number of alkyl halides is 3. The first-order valence-electron chi connectivity index (χ1n) is 8.42. The van der Waals surface area contributed by atoms with Crippen molar-refractivity contribution in [3.05, 3.63) is 0 Å². The first-order chi connectivity index (χ1) is 9.49. The van der Waals surface area contributed by atoms with Crippen molar-refractivity contribution in [2.24, 2.45) is 0 Å². The molecule has 0 atom stereocenters. The summed E-state index contributed by atoms with van der Waals surface area (Å²) in [5.41, 5.74) is 0. The fraction of sp³-hybridized carbons (Fsp3) is 1.00. The summed E-state index contributed by atoms with van der Waals surface area (Å²) in [5, 5.41) is 0. The van der Waals surface area contributed by atoms with E-state index in [0.29, 0.717) is 20.1 Å². The highest BCUT2D eigenvalue weighted by molar-refractivity contribution is 6.40. The van der Waals surface area contributed by atoms with Crippen LogP contribution in [0.15, 0.2) is 0 Å². The molecule has 0 aromatic carbocycles. The zero-order valence-electron chi connectivity index (χ0n) is 13.3. The lowest BCUT2D eigenvalue weighted by Crippen LogP contribution is -2.23. The average molecular weight is 291 g/mol. The quantitative estimate of drug-likeness (QED) is 0.261. The van der Waals surface area contributed by atoms with Gasteiger partial charge in [-0.05, 0) is 0 Å². The molecule has 0 saturated carbocycles. The van der Waals surface area contributed by atoms with Gasteiger partial charge in [0.1, 0.15) is 0 Å². The molecular weight excluding hydrogens is 260 g/mol. The molecule has 0 aromatic heterocycles. The molecule has 1 radical (unpaired) electrons. The lowest BCUT2D eigenvalue weighted by atomic mass is 9.60. The Kier molecular flexibility index (Phi) is 12.5. The van der Waals surface area contributed by atoms with Crippen LogP contribution < -0.4 is 0 Å². The Bertz CT molecular complexity index is 190. The highest BCUT2D eigenvalue weighted by Crippen LogP contribution is 2.29. The van der Waals surface area contributed by atoms with Gasteiger partial charge in [-0.2, -0.15) is 13.2 Å². The Hall–Kier alpha value is -0.145. The van der Waals surface area contributed by atoms with Crippen molar-refractivity contribution < 1.29 is 13.2 Å². The van der Waals surface area contributed by atoms with E-state index < -0.39 is 6.08 Å². The minimum absolute atomic E-state index is 0.266. The van der Waals surface area contributed by atoms with Crippen LogP contribution >= 0.6 is 0 Å². The van der Waals surface area contributed by atoms with E-state index in [0.717, 1.165) is 38.5 Å². The summed E-state index contributed by atoms with van der Waals surface area (Å²) in [4.78, 5) is 0. The van der Waals surface area contributed by atoms with Gasteiger partial charge in [-0.3, -0.25) is 0 Å². The van der Waals surface area contributed by atoms with Crippen LogP contribution in [-0.2, 0) is 0 Å². The van der Waals surface area contributed by atoms with Crippen molar-refractivity contribution in [2.45, 2.75) is 103 Å². The molecule has 0 bridgehead atoms. The van der Waals surface area contributed by atoms with Gasteiger partial charge in [0, 0.05) is 0 Å². The number of hydrogen-bond acceptors (Lipinski definition) is 0. The van der Waals surface area contributed by atoms with Gasteiger partial charge >= 0.3 is 6.08 Å². The second kappa shape index (κ2) is 12.6. The summed E-state index contributed by atoms with van der Waals surface area (Å²) >= 11 is 0. The van der Waals surface area contributed by atoms with Crippen molar-refractivity contribution in [3.8, 4) is 0 Å². The summed E-state index contributed by atoms with van der Waals surface area (Å²) in [6, 6.07) is 0. The third kappa shape index (κ3) is 14.3. The largest absolute Gasteiger partial charge is 0.339 e. The standard InChI is InChI=1S/C16H31BF3/c1-3-5-7-9-11-13-15(17-16(18,19)20)14-12-10-8-6-4-2/h15H,3-14H2,1-2H3. The number of rotatable bonds is 13. The predicted octanol–water partition coefficient (Wildman–Crippen LogP) is 6.72. The van der Waals surface area contributed by atoms with Crippen LogP contribution in [0.4, 0.5) is 13.2 Å². The molecule has 0 rings (SSSR count). The predicted molar refractivity (Wildman–Crippen MR) is 82.3 cm³/mol. The van der Waals surface area contributed by atoms with Gasteiger partial charge in [0.15, 0.2) is 0 Å². The highest BCUT2D eigenvalue weighted by Gasteiger charge is 2.32. The minimum atomic E-state index is -4.11. The maximum Gasteiger partial charge on any atom is 0.339 e. The van der Waals surface area contributed by atoms with Crippen molar-refractivity contribution >= 4 is 7.28 Å². The smallest absolute Gasteiger partial charge is 0.183 e. The Balaban J connectivity index is 3.83. The SMILES string of the molecule is CCCCCCCC([B]C(F)(F)F)CCCCCCC. The Labute approximate surface area is 124 Å². The van der Waals surface area contributed by atoms with E-state index in [1.54, 1.807) is 0 Å². The summed E-state index contributed by atoms with van der Waals surface area (Å²) in [6.45, 7) is 4.30. The third-order valence-corrected chi connectivity index (χ3v) is 3.78. The number of hydrogen-bond donors (Lipinski definition) is 0. The van der Waals surface area contributed by atoms with E-state index >= 15 is 0 Å². The molecule has 0 fully saturated rings. The van der Waals surface area contributed by atoms with Crippen LogP contribution in [0.3, 0.4) is 0 Å². The van der Waals surface area contributed by atoms with Gasteiger partial charge in [0.05, 0.1) is 0 Å². The Morgan fingerprint density at radius 1 is 0.700 bits per heavy atom. The summed E-state index contributed by atoms with van der Waals surface area (Å²) in [6.07, 6.45) is 8.39. The van der Waals surface area contributed by atoms with Gasteiger partial charge in [0.2, 0.25) is 0 Å². The molecule has 0 saturated heterocycles. The zero-order valence-corrected chi connectivity index (χ0v) is 13.3. The van der Waals surface area contributed by atoms with Gasteiger partial charge < -0.3 is 0 Å². The zero-order chi connectivity index (χ0) is 15.3. The fourth-order valence-electron chi connectivity index (χ4n) is 2.60. The van der Waals surface area contributed by atoms with E-state index in [2.05, 4.69) is 13.8 Å². The first kappa shape index (κ1) is 19.9. The molecule has 0 amide bonds. The maximum atomic E-state index is 12.5. The highest BCUT2D eigenvalue weighted by atomic mass is 19.4. The van der Waals surface area contributed by atoms with Crippen LogP contribution in [0, 0.1) is 0 Å². The minimum Gasteiger partial charge on any atom is -0.183 e. The number of halogens is 3. The molecule has 0 spiro atoms. The van der Waals surface area contributed by atoms with Gasteiger partial charge in [0.25, 0.3) is 7.28 Å². The van der Waals surface area contributed by atoms with Gasteiger partial charge in [-0.15, -0.1) is 0 Å². The summed E-state index contributed by atoms with van der Waals surface area (Å²) in [7, 11) is 0.632. The maximum absolute atomic E-state index is 12.5. The molecule has 0 aliphatic heterocycles. The molecular formula is C16H31BF3. The van der Waals surface area contributed by atoms with Crippen LogP contribution in [-0.4, -0.2) is 13.4 Å². The normalized spacial score (nSPS) is 12.1. The second-order valence-electron chi connectivity index (χ2n) is 5.87.